The van der Waals surface area contributed by atoms with E-state index in [0.29, 0.717) is 18.7 Å². The minimum atomic E-state index is -0.228. The van der Waals surface area contributed by atoms with Gasteiger partial charge in [-0.15, -0.1) is 0 Å². The Morgan fingerprint density at radius 1 is 1.17 bits per heavy atom. The summed E-state index contributed by atoms with van der Waals surface area (Å²) in [5, 5.41) is 5.41. The maximum atomic E-state index is 11.8. The Labute approximate surface area is 140 Å². The third-order valence-electron chi connectivity index (χ3n) is 3.15. The standard InChI is InChI=1S/C18H19N3O3/c1-24-16-6-2-4-14(12-16)7-8-17(22)20-10-11-21-18(23)15-5-3-9-19-13-15/h2-9,12-13H,10-11H2,1H3,(H,20,22)(H,21,23)/b8-7+. The maximum absolute atomic E-state index is 11.8. The minimum Gasteiger partial charge on any atom is -0.497 e. The number of methoxy groups -OCH3 is 1. The van der Waals surface area contributed by atoms with Crippen molar-refractivity contribution < 1.29 is 14.3 Å². The molecule has 0 unspecified atom stereocenters. The molecule has 2 aromatic rings. The van der Waals surface area contributed by atoms with Gasteiger partial charge in [0.25, 0.3) is 5.91 Å². The number of rotatable bonds is 7. The summed E-state index contributed by atoms with van der Waals surface area (Å²) in [6.45, 7) is 0.680. The zero-order chi connectivity index (χ0) is 17.2. The molecule has 1 aromatic carbocycles. The highest BCUT2D eigenvalue weighted by Gasteiger charge is 2.03. The van der Waals surface area contributed by atoms with E-state index in [1.165, 1.54) is 12.3 Å². The molecule has 24 heavy (non-hydrogen) atoms. The van der Waals surface area contributed by atoms with E-state index in [1.807, 2.05) is 24.3 Å². The van der Waals surface area contributed by atoms with Crippen LogP contribution in [0.25, 0.3) is 6.08 Å². The summed E-state index contributed by atoms with van der Waals surface area (Å²) in [6, 6.07) is 10.8. The van der Waals surface area contributed by atoms with Gasteiger partial charge in [-0.3, -0.25) is 14.6 Å². The number of pyridine rings is 1. The first kappa shape index (κ1) is 17.2. The third-order valence-corrected chi connectivity index (χ3v) is 3.15. The van der Waals surface area contributed by atoms with Crippen molar-refractivity contribution in [1.29, 1.82) is 0 Å². The molecule has 0 aliphatic carbocycles. The molecule has 1 heterocycles. The number of nitrogens with one attached hydrogen (secondary N) is 2. The molecule has 2 amide bonds. The Morgan fingerprint density at radius 3 is 2.75 bits per heavy atom. The van der Waals surface area contributed by atoms with Crippen LogP contribution in [0.4, 0.5) is 0 Å². The summed E-state index contributed by atoms with van der Waals surface area (Å²) in [7, 11) is 1.59. The van der Waals surface area contributed by atoms with Crippen LogP contribution in [0.15, 0.2) is 54.9 Å². The van der Waals surface area contributed by atoms with Crippen LogP contribution in [0.2, 0.25) is 0 Å². The number of hydrogen-bond acceptors (Lipinski definition) is 4. The SMILES string of the molecule is COc1cccc(/C=C/C(=O)NCCNC(=O)c2cccnc2)c1. The second-order valence-electron chi connectivity index (χ2n) is 4.90. The van der Waals surface area contributed by atoms with E-state index in [4.69, 9.17) is 4.74 Å². The normalized spacial score (nSPS) is 10.4. The number of amides is 2. The minimum absolute atomic E-state index is 0.218. The quantitative estimate of drug-likeness (QED) is 0.599. The Kier molecular flexibility index (Phi) is 6.52. The van der Waals surface area contributed by atoms with Crippen LogP contribution >= 0.6 is 0 Å². The predicted octanol–water partition coefficient (Wildman–Crippen LogP) is 1.65. The molecule has 124 valence electrons. The fourth-order valence-electron chi connectivity index (χ4n) is 1.94. The summed E-state index contributed by atoms with van der Waals surface area (Å²) >= 11 is 0. The molecule has 6 nitrogen and oxygen atoms in total. The Balaban J connectivity index is 1.71. The molecule has 0 fully saturated rings. The van der Waals surface area contributed by atoms with Crippen LogP contribution in [0.3, 0.4) is 0 Å². The lowest BCUT2D eigenvalue weighted by Crippen LogP contribution is -2.34. The summed E-state index contributed by atoms with van der Waals surface area (Å²) in [5.74, 6) is 0.286. The molecule has 0 aliphatic heterocycles. The largest absolute Gasteiger partial charge is 0.497 e. The van der Waals surface area contributed by atoms with Crippen molar-refractivity contribution in [2.45, 2.75) is 0 Å². The first-order chi connectivity index (χ1) is 11.7. The lowest BCUT2D eigenvalue weighted by Gasteiger charge is -2.05. The molecule has 0 bridgehead atoms. The smallest absolute Gasteiger partial charge is 0.252 e. The van der Waals surface area contributed by atoms with Gasteiger partial charge in [-0.1, -0.05) is 12.1 Å². The highest BCUT2D eigenvalue weighted by atomic mass is 16.5. The van der Waals surface area contributed by atoms with Gasteiger partial charge in [-0.25, -0.2) is 0 Å². The summed E-state index contributed by atoms with van der Waals surface area (Å²) in [5.41, 5.74) is 1.36. The second-order valence-corrected chi connectivity index (χ2v) is 4.90. The first-order valence-electron chi connectivity index (χ1n) is 7.47. The number of aromatic nitrogens is 1. The number of hydrogen-bond donors (Lipinski definition) is 2. The van der Waals surface area contributed by atoms with Gasteiger partial charge in [0.15, 0.2) is 0 Å². The van der Waals surface area contributed by atoms with Gasteiger partial charge in [0.2, 0.25) is 5.91 Å². The molecule has 0 spiro atoms. The van der Waals surface area contributed by atoms with Gasteiger partial charge in [0.1, 0.15) is 5.75 Å². The van der Waals surface area contributed by atoms with Crippen LogP contribution in [-0.2, 0) is 4.79 Å². The highest BCUT2D eigenvalue weighted by molar-refractivity contribution is 5.94. The molecule has 2 N–H and O–H groups in total. The molecular weight excluding hydrogens is 306 g/mol. The topological polar surface area (TPSA) is 80.3 Å². The van der Waals surface area contributed by atoms with Crippen molar-refractivity contribution in [3.05, 3.63) is 66.0 Å². The van der Waals surface area contributed by atoms with Gasteiger partial charge < -0.3 is 15.4 Å². The lowest BCUT2D eigenvalue weighted by molar-refractivity contribution is -0.116. The van der Waals surface area contributed by atoms with Crippen LogP contribution < -0.4 is 15.4 Å². The van der Waals surface area contributed by atoms with Gasteiger partial charge in [-0.05, 0) is 35.9 Å². The lowest BCUT2D eigenvalue weighted by atomic mass is 10.2. The maximum Gasteiger partial charge on any atom is 0.252 e. The van der Waals surface area contributed by atoms with Crippen molar-refractivity contribution in [2.75, 3.05) is 20.2 Å². The molecule has 1 aromatic heterocycles. The Morgan fingerprint density at radius 2 is 2.00 bits per heavy atom. The number of benzene rings is 1. The monoisotopic (exact) mass is 325 g/mol. The third kappa shape index (κ3) is 5.57. The molecule has 0 atom stereocenters. The van der Waals surface area contributed by atoms with Crippen LogP contribution in [0.1, 0.15) is 15.9 Å². The van der Waals surface area contributed by atoms with Crippen molar-refractivity contribution in [2.24, 2.45) is 0 Å². The highest BCUT2D eigenvalue weighted by Crippen LogP contribution is 2.13. The van der Waals surface area contributed by atoms with Crippen molar-refractivity contribution in [3.63, 3.8) is 0 Å². The molecular formula is C18H19N3O3. The molecule has 0 saturated heterocycles. The van der Waals surface area contributed by atoms with Crippen molar-refractivity contribution in [3.8, 4) is 5.75 Å². The summed E-state index contributed by atoms with van der Waals surface area (Å²) in [6.07, 6.45) is 6.24. The average molecular weight is 325 g/mol. The summed E-state index contributed by atoms with van der Waals surface area (Å²) in [4.78, 5) is 27.4. The zero-order valence-corrected chi connectivity index (χ0v) is 13.4. The first-order valence-corrected chi connectivity index (χ1v) is 7.47. The van der Waals surface area contributed by atoms with E-state index in [2.05, 4.69) is 15.6 Å². The van der Waals surface area contributed by atoms with E-state index >= 15 is 0 Å². The van der Waals surface area contributed by atoms with Gasteiger partial charge in [-0.2, -0.15) is 0 Å². The zero-order valence-electron chi connectivity index (χ0n) is 13.4. The molecule has 6 heteroatoms. The fourth-order valence-corrected chi connectivity index (χ4v) is 1.94. The molecule has 2 rings (SSSR count). The molecule has 0 saturated carbocycles. The predicted molar refractivity (Wildman–Crippen MR) is 91.6 cm³/mol. The van der Waals surface area contributed by atoms with Crippen LogP contribution in [-0.4, -0.2) is 37.0 Å². The van der Waals surface area contributed by atoms with E-state index in [-0.39, 0.29) is 11.8 Å². The van der Waals surface area contributed by atoms with Gasteiger partial charge in [0.05, 0.1) is 12.7 Å². The summed E-state index contributed by atoms with van der Waals surface area (Å²) < 4.78 is 5.12. The number of carbonyl (C=O) groups excluding carboxylic acids is 2. The average Bonchev–Trinajstić information content (AvgIpc) is 2.64. The van der Waals surface area contributed by atoms with Crippen LogP contribution in [0.5, 0.6) is 5.75 Å². The van der Waals surface area contributed by atoms with Gasteiger partial charge in [0, 0.05) is 31.6 Å². The second kappa shape index (κ2) is 9.09. The fraction of sp³-hybridized carbons (Fsp3) is 0.167. The van der Waals surface area contributed by atoms with E-state index in [9.17, 15) is 9.59 Å². The Bertz CT molecular complexity index is 714. The van der Waals surface area contributed by atoms with E-state index in [1.54, 1.807) is 31.5 Å². The number of nitrogens with zero attached hydrogens (tertiary/aromatic N) is 1. The van der Waals surface area contributed by atoms with E-state index < -0.39 is 0 Å². The Hall–Kier alpha value is -3.15. The molecule has 0 radical (unpaired) electrons. The van der Waals surface area contributed by atoms with E-state index in [0.717, 1.165) is 11.3 Å². The number of carbonyl (C=O) groups is 2. The number of ether oxygens (including phenoxy) is 1. The van der Waals surface area contributed by atoms with Crippen molar-refractivity contribution in [1.82, 2.24) is 15.6 Å². The van der Waals surface area contributed by atoms with Crippen LogP contribution in [0, 0.1) is 0 Å². The van der Waals surface area contributed by atoms with Crippen molar-refractivity contribution >= 4 is 17.9 Å². The van der Waals surface area contributed by atoms with Gasteiger partial charge >= 0.3 is 0 Å². The molecule has 0 aliphatic rings.